The van der Waals surface area contributed by atoms with Crippen molar-refractivity contribution in [1.29, 1.82) is 0 Å². The molecule has 0 bridgehead atoms. The van der Waals surface area contributed by atoms with Crippen molar-refractivity contribution in [2.45, 2.75) is 49.1 Å². The molecule has 4 aromatic rings. The molecule has 1 atom stereocenters. The molecule has 4 aromatic carbocycles. The van der Waals surface area contributed by atoms with E-state index >= 15 is 0 Å². The monoisotopic (exact) mass is 693 g/mol. The number of carbonyl (C=O) groups excluding carboxylic acids is 2. The van der Waals surface area contributed by atoms with Crippen molar-refractivity contribution >= 4 is 50.9 Å². The zero-order valence-corrected chi connectivity index (χ0v) is 29.2. The highest BCUT2D eigenvalue weighted by Crippen LogP contribution is 2.33. The third-order valence-corrected chi connectivity index (χ3v) is 10.2. The number of amides is 2. The molecule has 0 saturated carbocycles. The molecular weight excluding hydrogens is 654 g/mol. The second-order valence-corrected chi connectivity index (χ2v) is 13.9. The molecule has 1 unspecified atom stereocenters. The molecular formula is C36H40ClN3O5S2. The number of nitrogens with one attached hydrogen (secondary N) is 1. The molecule has 0 aliphatic rings. The fourth-order valence-electron chi connectivity index (χ4n) is 5.04. The van der Waals surface area contributed by atoms with Gasteiger partial charge in [0, 0.05) is 29.4 Å². The fourth-order valence-corrected chi connectivity index (χ4v) is 6.99. The van der Waals surface area contributed by atoms with Crippen molar-refractivity contribution in [1.82, 2.24) is 10.2 Å². The maximum atomic E-state index is 14.6. The Balaban J connectivity index is 1.83. The smallest absolute Gasteiger partial charge is 0.264 e. The van der Waals surface area contributed by atoms with Crippen molar-refractivity contribution in [2.75, 3.05) is 30.3 Å². The topological polar surface area (TPSA) is 96.0 Å². The minimum absolute atomic E-state index is 0.0279. The molecule has 11 heteroatoms. The van der Waals surface area contributed by atoms with Crippen LogP contribution in [-0.2, 0) is 32.6 Å². The summed E-state index contributed by atoms with van der Waals surface area (Å²) in [5, 5.41) is 3.49. The highest BCUT2D eigenvalue weighted by molar-refractivity contribution is 7.98. The van der Waals surface area contributed by atoms with Gasteiger partial charge in [-0.1, -0.05) is 73.1 Å². The summed E-state index contributed by atoms with van der Waals surface area (Å²) in [4.78, 5) is 30.8. The number of rotatable bonds is 16. The summed E-state index contributed by atoms with van der Waals surface area (Å²) in [5.74, 6) is -0.559. The maximum absolute atomic E-state index is 14.6. The van der Waals surface area contributed by atoms with Crippen LogP contribution in [0, 0.1) is 0 Å². The summed E-state index contributed by atoms with van der Waals surface area (Å²) in [6.45, 7) is 3.96. The number of hydrogen-bond donors (Lipinski definition) is 1. The number of nitrogens with zero attached hydrogens (tertiary/aromatic N) is 2. The predicted molar refractivity (Wildman–Crippen MR) is 190 cm³/mol. The summed E-state index contributed by atoms with van der Waals surface area (Å²) in [5.41, 5.74) is 1.82. The van der Waals surface area contributed by atoms with Gasteiger partial charge >= 0.3 is 0 Å². The van der Waals surface area contributed by atoms with Crippen LogP contribution < -0.4 is 14.4 Å². The van der Waals surface area contributed by atoms with E-state index in [-0.39, 0.29) is 29.5 Å². The van der Waals surface area contributed by atoms with E-state index in [4.69, 9.17) is 16.3 Å². The summed E-state index contributed by atoms with van der Waals surface area (Å²) >= 11 is 7.66. The molecule has 0 aliphatic heterocycles. The maximum Gasteiger partial charge on any atom is 0.264 e. The quantitative estimate of drug-likeness (QED) is 0.129. The molecule has 0 aromatic heterocycles. The second-order valence-electron chi connectivity index (χ2n) is 10.7. The van der Waals surface area contributed by atoms with Crippen LogP contribution in [0.3, 0.4) is 0 Å². The number of benzene rings is 4. The number of sulfonamides is 1. The first kappa shape index (κ1) is 35.9. The van der Waals surface area contributed by atoms with Gasteiger partial charge in [-0.05, 0) is 79.3 Å². The van der Waals surface area contributed by atoms with Crippen LogP contribution in [-0.4, -0.2) is 57.1 Å². The van der Waals surface area contributed by atoms with Crippen LogP contribution >= 0.6 is 23.4 Å². The summed E-state index contributed by atoms with van der Waals surface area (Å²) in [6, 6.07) is 28.8. The second kappa shape index (κ2) is 17.2. The summed E-state index contributed by atoms with van der Waals surface area (Å²) in [6.07, 6.45) is 2.85. The lowest BCUT2D eigenvalue weighted by atomic mass is 10.0. The fraction of sp³-hybridized carbons (Fsp3) is 0.278. The Bertz CT molecular complexity index is 1720. The number of anilines is 1. The Hall–Kier alpha value is -3.99. The Morgan fingerprint density at radius 3 is 2.17 bits per heavy atom. The van der Waals surface area contributed by atoms with Gasteiger partial charge in [-0.2, -0.15) is 0 Å². The summed E-state index contributed by atoms with van der Waals surface area (Å²) in [7, 11) is -4.27. The third-order valence-electron chi connectivity index (χ3n) is 7.45. The molecule has 47 heavy (non-hydrogen) atoms. The molecule has 2 amide bonds. The van der Waals surface area contributed by atoms with Gasteiger partial charge in [-0.25, -0.2) is 8.42 Å². The number of hydrogen-bond acceptors (Lipinski definition) is 6. The van der Waals surface area contributed by atoms with Crippen LogP contribution in [0.5, 0.6) is 5.75 Å². The molecule has 0 saturated heterocycles. The number of halogens is 1. The molecule has 0 aliphatic carbocycles. The highest BCUT2D eigenvalue weighted by Gasteiger charge is 2.35. The van der Waals surface area contributed by atoms with Gasteiger partial charge in [0.25, 0.3) is 10.0 Å². The zero-order valence-electron chi connectivity index (χ0n) is 26.8. The third kappa shape index (κ3) is 9.53. The van der Waals surface area contributed by atoms with Crippen LogP contribution in [0.4, 0.5) is 5.69 Å². The van der Waals surface area contributed by atoms with E-state index in [1.807, 2.05) is 43.5 Å². The van der Waals surface area contributed by atoms with Crippen molar-refractivity contribution < 1.29 is 22.7 Å². The number of carbonyl (C=O) groups is 2. The Labute approximate surface area is 287 Å². The van der Waals surface area contributed by atoms with Gasteiger partial charge in [0.2, 0.25) is 11.8 Å². The van der Waals surface area contributed by atoms with Crippen molar-refractivity contribution in [3.05, 3.63) is 119 Å². The lowest BCUT2D eigenvalue weighted by molar-refractivity contribution is -0.140. The van der Waals surface area contributed by atoms with Crippen LogP contribution in [0.25, 0.3) is 0 Å². The van der Waals surface area contributed by atoms with E-state index in [2.05, 4.69) is 5.32 Å². The number of para-hydroxylation sites is 2. The van der Waals surface area contributed by atoms with E-state index in [0.717, 1.165) is 20.3 Å². The van der Waals surface area contributed by atoms with Gasteiger partial charge in [-0.3, -0.25) is 13.9 Å². The lowest BCUT2D eigenvalue weighted by Crippen LogP contribution is -2.53. The summed E-state index contributed by atoms with van der Waals surface area (Å²) < 4.78 is 35.7. The zero-order chi connectivity index (χ0) is 33.8. The van der Waals surface area contributed by atoms with Crippen molar-refractivity contribution in [3.8, 4) is 5.75 Å². The molecule has 0 radical (unpaired) electrons. The molecule has 0 fully saturated rings. The van der Waals surface area contributed by atoms with E-state index in [9.17, 15) is 18.0 Å². The van der Waals surface area contributed by atoms with Crippen LogP contribution in [0.1, 0.15) is 31.4 Å². The average molecular weight is 694 g/mol. The predicted octanol–water partition coefficient (Wildman–Crippen LogP) is 6.82. The number of thioether (sulfide) groups is 1. The van der Waals surface area contributed by atoms with Crippen molar-refractivity contribution in [2.24, 2.45) is 0 Å². The molecule has 0 heterocycles. The van der Waals surface area contributed by atoms with E-state index in [1.54, 1.807) is 67.6 Å². The molecule has 0 spiro atoms. The first-order chi connectivity index (χ1) is 22.7. The molecule has 8 nitrogen and oxygen atoms in total. The lowest BCUT2D eigenvalue weighted by Gasteiger charge is -2.34. The van der Waals surface area contributed by atoms with Gasteiger partial charge < -0.3 is 15.0 Å². The van der Waals surface area contributed by atoms with Gasteiger partial charge in [0.15, 0.2) is 0 Å². The van der Waals surface area contributed by atoms with E-state index in [0.29, 0.717) is 30.3 Å². The van der Waals surface area contributed by atoms with Crippen molar-refractivity contribution in [3.63, 3.8) is 0 Å². The average Bonchev–Trinajstić information content (AvgIpc) is 3.09. The van der Waals surface area contributed by atoms with Crippen LogP contribution in [0.15, 0.2) is 113 Å². The van der Waals surface area contributed by atoms with E-state index in [1.165, 1.54) is 28.8 Å². The van der Waals surface area contributed by atoms with Gasteiger partial charge in [0.1, 0.15) is 18.3 Å². The largest absolute Gasteiger partial charge is 0.492 e. The minimum Gasteiger partial charge on any atom is -0.492 e. The molecule has 1 N–H and O–H groups in total. The standard InChI is InChI=1S/C36H40ClN3O5S2/c1-4-23-38-36(42)33(24-27-11-7-6-8-12-27)39(25-28-15-17-29(37)18-16-28)35(41)26-40(32-13-9-10-14-34(32)45-5-2)47(43,44)31-21-19-30(46-3)20-22-31/h6-22,33H,4-5,23-26H2,1-3H3,(H,38,42). The number of ether oxygens (including phenoxy) is 1. The van der Waals surface area contributed by atoms with Crippen LogP contribution in [0.2, 0.25) is 5.02 Å². The van der Waals surface area contributed by atoms with E-state index < -0.39 is 28.5 Å². The highest BCUT2D eigenvalue weighted by atomic mass is 35.5. The van der Waals surface area contributed by atoms with Gasteiger partial charge in [-0.15, -0.1) is 11.8 Å². The normalized spacial score (nSPS) is 11.8. The first-order valence-electron chi connectivity index (χ1n) is 15.4. The molecule has 248 valence electrons. The SMILES string of the molecule is CCCNC(=O)C(Cc1ccccc1)N(Cc1ccc(Cl)cc1)C(=O)CN(c1ccccc1OCC)S(=O)(=O)c1ccc(SC)cc1. The first-order valence-corrected chi connectivity index (χ1v) is 18.5. The Morgan fingerprint density at radius 2 is 1.53 bits per heavy atom. The van der Waals surface area contributed by atoms with Gasteiger partial charge in [0.05, 0.1) is 17.2 Å². The Kier molecular flexibility index (Phi) is 13.2. The molecule has 4 rings (SSSR count). The Morgan fingerprint density at radius 1 is 0.872 bits per heavy atom. The minimum atomic E-state index is -4.27.